The smallest absolute Gasteiger partial charge is 0.391 e. The van der Waals surface area contributed by atoms with Crippen LogP contribution in [0.15, 0.2) is 23.3 Å². The molecule has 0 fully saturated rings. The molecule has 1 aliphatic rings. The summed E-state index contributed by atoms with van der Waals surface area (Å²) in [6, 6.07) is 0. The summed E-state index contributed by atoms with van der Waals surface area (Å²) in [5.41, 5.74) is 2.18. The van der Waals surface area contributed by atoms with E-state index in [2.05, 4.69) is 0 Å². The monoisotopic (exact) mass is 276 g/mol. The molecule has 2 atom stereocenters. The third-order valence-electron chi connectivity index (χ3n) is 4.03. The van der Waals surface area contributed by atoms with Gasteiger partial charge in [0.2, 0.25) is 0 Å². The molecule has 0 saturated heterocycles. The highest BCUT2D eigenvalue weighted by Gasteiger charge is 2.35. The Bertz CT molecular complexity index is 342. The van der Waals surface area contributed by atoms with E-state index in [-0.39, 0.29) is 13.0 Å². The number of aliphatic hydroxyl groups is 1. The molecule has 110 valence electrons. The first kappa shape index (κ1) is 16.3. The summed E-state index contributed by atoms with van der Waals surface area (Å²) in [6.45, 7) is 3.25. The van der Waals surface area contributed by atoms with Crippen molar-refractivity contribution in [3.8, 4) is 0 Å². The van der Waals surface area contributed by atoms with Crippen LogP contribution in [-0.4, -0.2) is 17.9 Å². The minimum atomic E-state index is -4.09. The molecule has 0 heterocycles. The Balaban J connectivity index is 2.50. The fraction of sp³-hybridized carbons (Fsp3) is 0.733. The van der Waals surface area contributed by atoms with Crippen molar-refractivity contribution in [2.75, 3.05) is 6.61 Å². The minimum Gasteiger partial charge on any atom is -0.392 e. The van der Waals surface area contributed by atoms with E-state index in [0.717, 1.165) is 30.4 Å². The van der Waals surface area contributed by atoms with Gasteiger partial charge in [-0.2, -0.15) is 13.2 Å². The molecule has 2 unspecified atom stereocenters. The molecule has 0 aromatic carbocycles. The topological polar surface area (TPSA) is 20.2 Å². The van der Waals surface area contributed by atoms with E-state index in [1.54, 1.807) is 0 Å². The van der Waals surface area contributed by atoms with Gasteiger partial charge < -0.3 is 5.11 Å². The van der Waals surface area contributed by atoms with Crippen LogP contribution in [0.5, 0.6) is 0 Å². The van der Waals surface area contributed by atoms with E-state index < -0.39 is 12.1 Å². The number of rotatable bonds is 5. The number of alkyl halides is 3. The number of halogens is 3. The Kier molecular flexibility index (Phi) is 6.11. The van der Waals surface area contributed by atoms with Crippen LogP contribution in [0.3, 0.4) is 0 Å². The number of allylic oxidation sites excluding steroid dienone is 3. The van der Waals surface area contributed by atoms with Gasteiger partial charge in [0.25, 0.3) is 0 Å². The highest BCUT2D eigenvalue weighted by atomic mass is 19.4. The van der Waals surface area contributed by atoms with Crippen LogP contribution in [0, 0.1) is 11.8 Å². The highest BCUT2D eigenvalue weighted by Crippen LogP contribution is 2.35. The molecule has 0 saturated carbocycles. The van der Waals surface area contributed by atoms with Crippen molar-refractivity contribution in [2.45, 2.75) is 52.1 Å². The first-order chi connectivity index (χ1) is 8.88. The van der Waals surface area contributed by atoms with Crippen LogP contribution >= 0.6 is 0 Å². The van der Waals surface area contributed by atoms with Crippen molar-refractivity contribution in [1.29, 1.82) is 0 Å². The zero-order chi connectivity index (χ0) is 14.5. The summed E-state index contributed by atoms with van der Waals surface area (Å²) < 4.78 is 37.5. The van der Waals surface area contributed by atoms with Crippen molar-refractivity contribution in [3.05, 3.63) is 23.3 Å². The van der Waals surface area contributed by atoms with E-state index in [1.807, 2.05) is 19.1 Å². The van der Waals surface area contributed by atoms with Crippen molar-refractivity contribution in [3.63, 3.8) is 0 Å². The number of aliphatic hydroxyl groups excluding tert-OH is 1. The average Bonchev–Trinajstić information content (AvgIpc) is 2.38. The van der Waals surface area contributed by atoms with Crippen LogP contribution in [0.4, 0.5) is 13.2 Å². The molecule has 0 aromatic rings. The maximum Gasteiger partial charge on any atom is 0.391 e. The first-order valence-electron chi connectivity index (χ1n) is 6.89. The maximum atomic E-state index is 12.5. The third-order valence-corrected chi connectivity index (χ3v) is 4.03. The summed E-state index contributed by atoms with van der Waals surface area (Å²) in [7, 11) is 0. The molecule has 1 rings (SSSR count). The molecule has 4 heteroatoms. The molecule has 1 N–H and O–H groups in total. The molecule has 19 heavy (non-hydrogen) atoms. The highest BCUT2D eigenvalue weighted by molar-refractivity contribution is 5.15. The molecule has 0 radical (unpaired) electrons. The lowest BCUT2D eigenvalue weighted by atomic mass is 9.81. The second-order valence-corrected chi connectivity index (χ2v) is 5.34. The Morgan fingerprint density at radius 1 is 1.53 bits per heavy atom. The average molecular weight is 276 g/mol. The Morgan fingerprint density at radius 3 is 2.63 bits per heavy atom. The zero-order valence-electron chi connectivity index (χ0n) is 11.6. The molecule has 0 aromatic heterocycles. The van der Waals surface area contributed by atoms with Crippen molar-refractivity contribution in [1.82, 2.24) is 0 Å². The first-order valence-corrected chi connectivity index (χ1v) is 6.89. The van der Waals surface area contributed by atoms with Crippen LogP contribution in [-0.2, 0) is 0 Å². The quantitative estimate of drug-likeness (QED) is 0.726. The van der Waals surface area contributed by atoms with Gasteiger partial charge in [-0.05, 0) is 50.5 Å². The van der Waals surface area contributed by atoms with Crippen molar-refractivity contribution >= 4 is 0 Å². The van der Waals surface area contributed by atoms with Gasteiger partial charge in [-0.15, -0.1) is 0 Å². The molecule has 1 aliphatic carbocycles. The molecule has 0 amide bonds. The predicted octanol–water partition coefficient (Wildman–Crippen LogP) is 4.63. The van der Waals surface area contributed by atoms with Gasteiger partial charge in [-0.25, -0.2) is 0 Å². The standard InChI is InChI=1S/C15H23F3O/c1-3-13(7-4-11(2)15(16,17)18)14-8-5-12(10-19)6-9-14/h3,5,11,14,19H,4,6-10H2,1-2H3/b13-3+. The van der Waals surface area contributed by atoms with Crippen LogP contribution in [0.2, 0.25) is 0 Å². The molecule has 0 spiro atoms. The Labute approximate surface area is 113 Å². The van der Waals surface area contributed by atoms with Crippen molar-refractivity contribution in [2.24, 2.45) is 11.8 Å². The number of hydrogen-bond donors (Lipinski definition) is 1. The van der Waals surface area contributed by atoms with E-state index in [9.17, 15) is 13.2 Å². The van der Waals surface area contributed by atoms with Gasteiger partial charge in [-0.1, -0.05) is 24.6 Å². The summed E-state index contributed by atoms with van der Waals surface area (Å²) >= 11 is 0. The zero-order valence-corrected chi connectivity index (χ0v) is 11.6. The fourth-order valence-electron chi connectivity index (χ4n) is 2.50. The van der Waals surface area contributed by atoms with Gasteiger partial charge in [0, 0.05) is 0 Å². The summed E-state index contributed by atoms with van der Waals surface area (Å²) in [6.07, 6.45) is 3.22. The molecule has 0 aliphatic heterocycles. The minimum absolute atomic E-state index is 0.100. The lowest BCUT2D eigenvalue weighted by molar-refractivity contribution is -0.171. The normalized spacial score (nSPS) is 23.2. The largest absolute Gasteiger partial charge is 0.392 e. The lowest BCUT2D eigenvalue weighted by Gasteiger charge is -2.25. The van der Waals surface area contributed by atoms with Gasteiger partial charge in [-0.3, -0.25) is 0 Å². The van der Waals surface area contributed by atoms with E-state index in [0.29, 0.717) is 12.3 Å². The van der Waals surface area contributed by atoms with E-state index >= 15 is 0 Å². The summed E-state index contributed by atoms with van der Waals surface area (Å²) in [5, 5.41) is 9.03. The number of hydrogen-bond acceptors (Lipinski definition) is 1. The van der Waals surface area contributed by atoms with E-state index in [4.69, 9.17) is 5.11 Å². The summed E-state index contributed by atoms with van der Waals surface area (Å²) in [5.74, 6) is -0.893. The van der Waals surface area contributed by atoms with E-state index in [1.165, 1.54) is 6.92 Å². The molecule has 1 nitrogen and oxygen atoms in total. The van der Waals surface area contributed by atoms with Crippen molar-refractivity contribution < 1.29 is 18.3 Å². The van der Waals surface area contributed by atoms with Gasteiger partial charge in [0.1, 0.15) is 0 Å². The van der Waals surface area contributed by atoms with Gasteiger partial charge in [0.05, 0.1) is 12.5 Å². The predicted molar refractivity (Wildman–Crippen MR) is 70.7 cm³/mol. The Morgan fingerprint density at radius 2 is 2.21 bits per heavy atom. The van der Waals surface area contributed by atoms with Gasteiger partial charge in [0.15, 0.2) is 0 Å². The maximum absolute atomic E-state index is 12.5. The molecular formula is C15H23F3O. The van der Waals surface area contributed by atoms with Crippen LogP contribution < -0.4 is 0 Å². The van der Waals surface area contributed by atoms with Crippen LogP contribution in [0.25, 0.3) is 0 Å². The Hall–Kier alpha value is -0.770. The molecule has 0 bridgehead atoms. The molecular weight excluding hydrogens is 253 g/mol. The lowest BCUT2D eigenvalue weighted by Crippen LogP contribution is -2.20. The third kappa shape index (κ3) is 5.01. The van der Waals surface area contributed by atoms with Crippen LogP contribution in [0.1, 0.15) is 46.0 Å². The van der Waals surface area contributed by atoms with Gasteiger partial charge >= 0.3 is 6.18 Å². The second-order valence-electron chi connectivity index (χ2n) is 5.34. The fourth-order valence-corrected chi connectivity index (χ4v) is 2.50. The SMILES string of the molecule is C/C=C(\CCC(C)C(F)(F)F)C1CC=C(CO)CC1. The summed E-state index contributed by atoms with van der Waals surface area (Å²) in [4.78, 5) is 0. The second kappa shape index (κ2) is 7.13.